The van der Waals surface area contributed by atoms with Crippen molar-refractivity contribution in [3.63, 3.8) is 0 Å². The monoisotopic (exact) mass is 702 g/mol. The number of hydrogen-bond acceptors (Lipinski definition) is 4. The summed E-state index contributed by atoms with van der Waals surface area (Å²) in [6.07, 6.45) is 1.83. The molecule has 0 amide bonds. The molecule has 0 spiro atoms. The lowest BCUT2D eigenvalue weighted by Crippen LogP contribution is -2.09. The molecule has 258 valence electrons. The molecule has 0 atom stereocenters. The van der Waals surface area contributed by atoms with E-state index in [0.29, 0.717) is 0 Å². The third-order valence-electron chi connectivity index (χ3n) is 10.3. The lowest BCUT2D eigenvalue weighted by Gasteiger charge is -2.26. The molecule has 10 rings (SSSR count). The van der Waals surface area contributed by atoms with Crippen LogP contribution >= 0.6 is 0 Å². The van der Waals surface area contributed by atoms with Crippen LogP contribution in [0.2, 0.25) is 0 Å². The maximum atomic E-state index is 5.17. The molecular formula is C51H34N4. The fourth-order valence-corrected chi connectivity index (χ4v) is 7.44. The predicted molar refractivity (Wildman–Crippen MR) is 229 cm³/mol. The van der Waals surface area contributed by atoms with E-state index < -0.39 is 0 Å². The number of para-hydroxylation sites is 1. The number of hydrogen-bond donors (Lipinski definition) is 0. The van der Waals surface area contributed by atoms with E-state index in [0.717, 1.165) is 72.6 Å². The lowest BCUT2D eigenvalue weighted by molar-refractivity contribution is 1.27. The largest absolute Gasteiger partial charge is 0.311 e. The van der Waals surface area contributed by atoms with Crippen molar-refractivity contribution in [2.75, 3.05) is 4.90 Å². The van der Waals surface area contributed by atoms with Crippen LogP contribution in [0, 0.1) is 0 Å². The molecule has 0 aliphatic heterocycles. The van der Waals surface area contributed by atoms with Gasteiger partial charge in [0.25, 0.3) is 0 Å². The molecule has 55 heavy (non-hydrogen) atoms. The van der Waals surface area contributed by atoms with Crippen LogP contribution in [0.3, 0.4) is 0 Å². The van der Waals surface area contributed by atoms with Gasteiger partial charge in [-0.2, -0.15) is 0 Å². The van der Waals surface area contributed by atoms with Crippen LogP contribution in [0.5, 0.6) is 0 Å². The third-order valence-corrected chi connectivity index (χ3v) is 10.3. The Bertz CT molecular complexity index is 2830. The van der Waals surface area contributed by atoms with E-state index in [2.05, 4.69) is 169 Å². The van der Waals surface area contributed by atoms with Gasteiger partial charge < -0.3 is 4.90 Å². The van der Waals surface area contributed by atoms with Gasteiger partial charge in [0, 0.05) is 50.7 Å². The quantitative estimate of drug-likeness (QED) is 0.166. The summed E-state index contributed by atoms with van der Waals surface area (Å²) in [6.45, 7) is 0. The topological polar surface area (TPSA) is 41.9 Å². The number of benzene rings is 7. The van der Waals surface area contributed by atoms with Crippen molar-refractivity contribution in [2.45, 2.75) is 0 Å². The molecule has 4 heteroatoms. The molecule has 0 fully saturated rings. The minimum atomic E-state index is 0.881. The Morgan fingerprint density at radius 2 is 0.891 bits per heavy atom. The van der Waals surface area contributed by atoms with Gasteiger partial charge in [0.15, 0.2) is 0 Å². The van der Waals surface area contributed by atoms with Crippen LogP contribution in [0.25, 0.3) is 77.5 Å². The Morgan fingerprint density at radius 3 is 1.62 bits per heavy atom. The maximum absolute atomic E-state index is 5.17. The second kappa shape index (κ2) is 13.8. The highest BCUT2D eigenvalue weighted by atomic mass is 15.1. The SMILES string of the molecule is c1ccc(-c2nc(-c3ccc(N(c4ccc(-c5ccc6ccccc6c5)cc4)c4ccc(-c5ccc6ccccc6n5)cc4)cc3)cc3cccnc23)cc1. The summed E-state index contributed by atoms with van der Waals surface area (Å²) in [5.74, 6) is 0. The summed E-state index contributed by atoms with van der Waals surface area (Å²) in [7, 11) is 0. The number of aromatic nitrogens is 3. The average Bonchev–Trinajstić information content (AvgIpc) is 3.27. The van der Waals surface area contributed by atoms with Crippen molar-refractivity contribution in [1.82, 2.24) is 15.0 Å². The Kier molecular flexibility index (Phi) is 8.12. The Hall–Kier alpha value is -7.43. The van der Waals surface area contributed by atoms with Crippen molar-refractivity contribution < 1.29 is 0 Å². The minimum absolute atomic E-state index is 0.881. The summed E-state index contributed by atoms with van der Waals surface area (Å²) in [4.78, 5) is 17.1. The first-order chi connectivity index (χ1) is 27.2. The summed E-state index contributed by atoms with van der Waals surface area (Å²) in [5.41, 5.74) is 13.3. The number of rotatable bonds is 7. The van der Waals surface area contributed by atoms with Gasteiger partial charge in [-0.25, -0.2) is 9.97 Å². The van der Waals surface area contributed by atoms with Crippen molar-refractivity contribution in [3.8, 4) is 44.9 Å². The molecular weight excluding hydrogens is 669 g/mol. The van der Waals surface area contributed by atoms with Crippen LogP contribution in [0.4, 0.5) is 17.1 Å². The highest BCUT2D eigenvalue weighted by molar-refractivity contribution is 5.94. The first-order valence-corrected chi connectivity index (χ1v) is 18.5. The molecule has 0 unspecified atom stereocenters. The Labute approximate surface area is 319 Å². The van der Waals surface area contributed by atoms with Crippen LogP contribution in [-0.2, 0) is 0 Å². The number of anilines is 3. The van der Waals surface area contributed by atoms with Crippen molar-refractivity contribution in [2.24, 2.45) is 0 Å². The van der Waals surface area contributed by atoms with Crippen LogP contribution in [0.1, 0.15) is 0 Å². The van der Waals surface area contributed by atoms with E-state index in [1.807, 2.05) is 42.6 Å². The van der Waals surface area contributed by atoms with Crippen LogP contribution < -0.4 is 4.90 Å². The summed E-state index contributed by atoms with van der Waals surface area (Å²) in [5, 5.41) is 4.67. The minimum Gasteiger partial charge on any atom is -0.311 e. The second-order valence-electron chi connectivity index (χ2n) is 13.7. The maximum Gasteiger partial charge on any atom is 0.0972 e. The first kappa shape index (κ1) is 32.2. The molecule has 0 saturated carbocycles. The lowest BCUT2D eigenvalue weighted by atomic mass is 10.0. The molecule has 4 nitrogen and oxygen atoms in total. The van der Waals surface area contributed by atoms with E-state index in [1.54, 1.807) is 0 Å². The molecule has 0 N–H and O–H groups in total. The van der Waals surface area contributed by atoms with Crippen LogP contribution in [-0.4, -0.2) is 15.0 Å². The smallest absolute Gasteiger partial charge is 0.0972 e. The fraction of sp³-hybridized carbons (Fsp3) is 0. The van der Waals surface area contributed by atoms with E-state index in [9.17, 15) is 0 Å². The number of nitrogens with zero attached hydrogens (tertiary/aromatic N) is 4. The normalized spacial score (nSPS) is 11.3. The Balaban J connectivity index is 1.03. The fourth-order valence-electron chi connectivity index (χ4n) is 7.44. The molecule has 3 heterocycles. The molecule has 10 aromatic rings. The van der Waals surface area contributed by atoms with Gasteiger partial charge in [-0.3, -0.25) is 4.98 Å². The van der Waals surface area contributed by atoms with Gasteiger partial charge in [-0.1, -0.05) is 133 Å². The van der Waals surface area contributed by atoms with Crippen LogP contribution in [0.15, 0.2) is 206 Å². The number of pyridine rings is 3. The van der Waals surface area contributed by atoms with Gasteiger partial charge in [0.1, 0.15) is 0 Å². The molecule has 0 saturated heterocycles. The van der Waals surface area contributed by atoms with E-state index in [4.69, 9.17) is 15.0 Å². The molecule has 7 aromatic carbocycles. The zero-order valence-corrected chi connectivity index (χ0v) is 29.9. The van der Waals surface area contributed by atoms with Gasteiger partial charge in [-0.05, 0) is 88.6 Å². The molecule has 3 aromatic heterocycles. The van der Waals surface area contributed by atoms with Gasteiger partial charge in [0.05, 0.1) is 28.1 Å². The van der Waals surface area contributed by atoms with Crippen molar-refractivity contribution >= 4 is 49.6 Å². The standard InChI is InChI=1S/C51H34N4/c1-2-11-40(12-3-1)51-50-43(14-8-32-52-50)34-49(54-51)39-22-29-46(30-23-39)55(44-25-18-36(19-26-44)42-17-16-35-9-4-5-13-41(35)33-42)45-27-20-38(21-28-45)48-31-24-37-10-6-7-15-47(37)53-48/h1-34H. The number of fused-ring (bicyclic) bond motifs is 3. The summed E-state index contributed by atoms with van der Waals surface area (Å²) < 4.78 is 0. The zero-order chi connectivity index (χ0) is 36.6. The Morgan fingerprint density at radius 1 is 0.327 bits per heavy atom. The molecule has 0 aliphatic rings. The van der Waals surface area contributed by atoms with E-state index in [1.165, 1.54) is 21.9 Å². The second-order valence-corrected chi connectivity index (χ2v) is 13.7. The van der Waals surface area contributed by atoms with Crippen molar-refractivity contribution in [1.29, 1.82) is 0 Å². The van der Waals surface area contributed by atoms with Gasteiger partial charge in [-0.15, -0.1) is 0 Å². The predicted octanol–water partition coefficient (Wildman–Crippen LogP) is 13.5. The van der Waals surface area contributed by atoms with E-state index >= 15 is 0 Å². The highest BCUT2D eigenvalue weighted by Gasteiger charge is 2.16. The van der Waals surface area contributed by atoms with E-state index in [-0.39, 0.29) is 0 Å². The highest BCUT2D eigenvalue weighted by Crippen LogP contribution is 2.38. The zero-order valence-electron chi connectivity index (χ0n) is 29.9. The molecule has 0 bridgehead atoms. The molecule has 0 aliphatic carbocycles. The van der Waals surface area contributed by atoms with Crippen molar-refractivity contribution in [3.05, 3.63) is 206 Å². The summed E-state index contributed by atoms with van der Waals surface area (Å²) >= 11 is 0. The van der Waals surface area contributed by atoms with Gasteiger partial charge in [0.2, 0.25) is 0 Å². The average molecular weight is 703 g/mol. The first-order valence-electron chi connectivity index (χ1n) is 18.5. The molecule has 0 radical (unpaired) electrons. The van der Waals surface area contributed by atoms with Gasteiger partial charge >= 0.3 is 0 Å². The summed E-state index contributed by atoms with van der Waals surface area (Å²) in [6, 6.07) is 70.4. The third kappa shape index (κ3) is 6.26.